The number of nitrogens with one attached hydrogen (secondary N) is 1. The molecule has 0 bridgehead atoms. The number of anilines is 1. The molecule has 1 aliphatic heterocycles. The largest absolute Gasteiger partial charge is 0.356 e. The fraction of sp³-hybridized carbons (Fsp3) is 0.500. The van der Waals surface area contributed by atoms with E-state index in [0.717, 1.165) is 18.7 Å². The first-order valence-electron chi connectivity index (χ1n) is 6.52. The highest BCUT2D eigenvalue weighted by Crippen LogP contribution is 2.24. The van der Waals surface area contributed by atoms with Crippen LogP contribution in [0.4, 0.5) is 5.69 Å². The van der Waals surface area contributed by atoms with Gasteiger partial charge >= 0.3 is 0 Å². The Labute approximate surface area is 108 Å². The van der Waals surface area contributed by atoms with Crippen LogP contribution in [0.3, 0.4) is 0 Å². The van der Waals surface area contributed by atoms with Gasteiger partial charge in [0, 0.05) is 24.8 Å². The second-order valence-electron chi connectivity index (χ2n) is 4.80. The molecule has 0 aliphatic carbocycles. The number of nitrogens with zero attached hydrogens (tertiary/aromatic N) is 1. The van der Waals surface area contributed by atoms with Crippen LogP contribution in [0.1, 0.15) is 19.4 Å². The number of benzene rings is 1. The van der Waals surface area contributed by atoms with E-state index in [1.165, 1.54) is 5.56 Å². The summed E-state index contributed by atoms with van der Waals surface area (Å²) in [6.07, 6.45) is 0.958. The third kappa shape index (κ3) is 2.34. The lowest BCUT2D eigenvalue weighted by molar-refractivity contribution is -0.123. The topological polar surface area (TPSA) is 58.4 Å². The number of hydrogen-bond acceptors (Lipinski definition) is 3. The number of amides is 1. The van der Waals surface area contributed by atoms with Crippen molar-refractivity contribution >= 4 is 11.6 Å². The molecule has 4 heteroatoms. The minimum atomic E-state index is -0.256. The molecule has 0 saturated carbocycles. The van der Waals surface area contributed by atoms with Gasteiger partial charge in [-0.05, 0) is 25.0 Å². The lowest BCUT2D eigenvalue weighted by Gasteiger charge is -2.40. The minimum absolute atomic E-state index is 0.0298. The van der Waals surface area contributed by atoms with Crippen LogP contribution < -0.4 is 16.0 Å². The summed E-state index contributed by atoms with van der Waals surface area (Å²) in [6.45, 7) is 5.30. The van der Waals surface area contributed by atoms with Gasteiger partial charge < -0.3 is 16.0 Å². The first-order chi connectivity index (χ1) is 8.67. The maximum absolute atomic E-state index is 12.0. The normalized spacial score (nSPS) is 23.9. The van der Waals surface area contributed by atoms with Crippen LogP contribution in [0.5, 0.6) is 0 Å². The molecule has 98 valence electrons. The molecule has 1 aromatic carbocycles. The number of hydrogen-bond donors (Lipinski definition) is 2. The predicted octanol–water partition coefficient (Wildman–Crippen LogP) is 0.901. The molecule has 1 fully saturated rings. The van der Waals surface area contributed by atoms with Crippen molar-refractivity contribution < 1.29 is 4.79 Å². The van der Waals surface area contributed by atoms with Gasteiger partial charge in [-0.25, -0.2) is 0 Å². The summed E-state index contributed by atoms with van der Waals surface area (Å²) in [4.78, 5) is 14.1. The Hall–Kier alpha value is -1.55. The zero-order valence-electron chi connectivity index (χ0n) is 11.0. The van der Waals surface area contributed by atoms with Gasteiger partial charge in [-0.3, -0.25) is 4.79 Å². The summed E-state index contributed by atoms with van der Waals surface area (Å²) in [5.41, 5.74) is 8.15. The minimum Gasteiger partial charge on any atom is -0.356 e. The highest BCUT2D eigenvalue weighted by atomic mass is 16.2. The smallest absolute Gasteiger partial charge is 0.244 e. The number of rotatable bonds is 3. The van der Waals surface area contributed by atoms with Crippen LogP contribution in [-0.2, 0) is 11.2 Å². The molecule has 0 aromatic heterocycles. The van der Waals surface area contributed by atoms with Gasteiger partial charge in [0.15, 0.2) is 0 Å². The highest BCUT2D eigenvalue weighted by molar-refractivity contribution is 5.87. The van der Waals surface area contributed by atoms with Gasteiger partial charge in [0.05, 0.1) is 0 Å². The molecule has 0 radical (unpaired) electrons. The average molecular weight is 247 g/mol. The van der Waals surface area contributed by atoms with Gasteiger partial charge in [0.1, 0.15) is 6.04 Å². The number of para-hydroxylation sites is 1. The Bertz CT molecular complexity index is 433. The Kier molecular flexibility index (Phi) is 3.87. The van der Waals surface area contributed by atoms with Crippen molar-refractivity contribution in [1.82, 2.24) is 5.32 Å². The van der Waals surface area contributed by atoms with Crippen molar-refractivity contribution in [2.45, 2.75) is 32.4 Å². The third-order valence-corrected chi connectivity index (χ3v) is 3.44. The number of carbonyl (C=O) groups excluding carboxylic acids is 1. The van der Waals surface area contributed by atoms with Crippen molar-refractivity contribution in [2.75, 3.05) is 18.0 Å². The van der Waals surface area contributed by atoms with Crippen LogP contribution >= 0.6 is 0 Å². The lowest BCUT2D eigenvalue weighted by Crippen LogP contribution is -2.62. The molecule has 1 amide bonds. The fourth-order valence-corrected chi connectivity index (χ4v) is 2.54. The van der Waals surface area contributed by atoms with Crippen LogP contribution in [0.2, 0.25) is 0 Å². The lowest BCUT2D eigenvalue weighted by atomic mass is 10.0. The van der Waals surface area contributed by atoms with Crippen molar-refractivity contribution in [3.8, 4) is 0 Å². The van der Waals surface area contributed by atoms with E-state index in [2.05, 4.69) is 29.3 Å². The molecule has 18 heavy (non-hydrogen) atoms. The second-order valence-corrected chi connectivity index (χ2v) is 4.80. The molecule has 1 aromatic rings. The summed E-state index contributed by atoms with van der Waals surface area (Å²) < 4.78 is 0. The zero-order valence-corrected chi connectivity index (χ0v) is 11.0. The van der Waals surface area contributed by atoms with E-state index >= 15 is 0 Å². The summed E-state index contributed by atoms with van der Waals surface area (Å²) in [5.74, 6) is 0.0298. The second kappa shape index (κ2) is 5.40. The number of piperazine rings is 1. The zero-order chi connectivity index (χ0) is 13.1. The molecule has 2 atom stereocenters. The van der Waals surface area contributed by atoms with Crippen molar-refractivity contribution in [1.29, 1.82) is 0 Å². The Balaban J connectivity index is 2.36. The van der Waals surface area contributed by atoms with Crippen LogP contribution in [0.15, 0.2) is 24.3 Å². The third-order valence-electron chi connectivity index (χ3n) is 3.44. The molecule has 2 unspecified atom stereocenters. The van der Waals surface area contributed by atoms with Gasteiger partial charge in [-0.2, -0.15) is 0 Å². The standard InChI is InChI=1S/C14H21N3O/c1-3-11-6-4-5-7-12(11)17-9-10(2)16-14(18)13(17)8-15/h4-7,10,13H,3,8-9,15H2,1-2H3,(H,16,18). The molecule has 2 rings (SSSR count). The molecular formula is C14H21N3O. The van der Waals surface area contributed by atoms with Crippen LogP contribution in [0.25, 0.3) is 0 Å². The molecule has 1 aliphatic rings. The van der Waals surface area contributed by atoms with E-state index in [1.807, 2.05) is 19.1 Å². The van der Waals surface area contributed by atoms with Crippen molar-refractivity contribution in [2.24, 2.45) is 5.73 Å². The molecule has 3 N–H and O–H groups in total. The molecule has 4 nitrogen and oxygen atoms in total. The van der Waals surface area contributed by atoms with E-state index in [4.69, 9.17) is 5.73 Å². The van der Waals surface area contributed by atoms with Crippen molar-refractivity contribution in [3.05, 3.63) is 29.8 Å². The monoisotopic (exact) mass is 247 g/mol. The molecular weight excluding hydrogens is 226 g/mol. The van der Waals surface area contributed by atoms with Gasteiger partial charge in [0.2, 0.25) is 5.91 Å². The van der Waals surface area contributed by atoms with E-state index in [0.29, 0.717) is 6.54 Å². The van der Waals surface area contributed by atoms with E-state index in [-0.39, 0.29) is 18.0 Å². The first kappa shape index (κ1) is 12.9. The van der Waals surface area contributed by atoms with Crippen molar-refractivity contribution in [3.63, 3.8) is 0 Å². The van der Waals surface area contributed by atoms with E-state index < -0.39 is 0 Å². The molecule has 1 saturated heterocycles. The number of aryl methyl sites for hydroxylation is 1. The number of carbonyl (C=O) groups is 1. The van der Waals surface area contributed by atoms with Crippen LogP contribution in [0, 0.1) is 0 Å². The predicted molar refractivity (Wildman–Crippen MR) is 73.6 cm³/mol. The Morgan fingerprint density at radius 1 is 1.44 bits per heavy atom. The molecule has 0 spiro atoms. The van der Waals surface area contributed by atoms with E-state index in [1.54, 1.807) is 0 Å². The van der Waals surface area contributed by atoms with Gasteiger partial charge in [-0.15, -0.1) is 0 Å². The summed E-state index contributed by atoms with van der Waals surface area (Å²) in [5, 5.41) is 2.96. The maximum atomic E-state index is 12.0. The average Bonchev–Trinajstić information content (AvgIpc) is 2.38. The highest BCUT2D eigenvalue weighted by Gasteiger charge is 2.32. The Morgan fingerprint density at radius 2 is 2.17 bits per heavy atom. The molecule has 1 heterocycles. The van der Waals surface area contributed by atoms with E-state index in [9.17, 15) is 4.79 Å². The van der Waals surface area contributed by atoms with Crippen LogP contribution in [-0.4, -0.2) is 31.1 Å². The summed E-state index contributed by atoms with van der Waals surface area (Å²) in [6, 6.07) is 8.14. The fourth-order valence-electron chi connectivity index (χ4n) is 2.54. The maximum Gasteiger partial charge on any atom is 0.244 e. The van der Waals surface area contributed by atoms with Gasteiger partial charge in [-0.1, -0.05) is 25.1 Å². The summed E-state index contributed by atoms with van der Waals surface area (Å²) in [7, 11) is 0. The number of nitrogens with two attached hydrogens (primary N) is 1. The first-order valence-corrected chi connectivity index (χ1v) is 6.52. The Morgan fingerprint density at radius 3 is 2.83 bits per heavy atom. The van der Waals surface area contributed by atoms with Gasteiger partial charge in [0.25, 0.3) is 0 Å². The SMILES string of the molecule is CCc1ccccc1N1CC(C)NC(=O)C1CN. The quantitative estimate of drug-likeness (QED) is 0.834. The summed E-state index contributed by atoms with van der Waals surface area (Å²) >= 11 is 0.